The van der Waals surface area contributed by atoms with Crippen LogP contribution < -0.4 is 5.32 Å². The van der Waals surface area contributed by atoms with E-state index >= 15 is 0 Å². The number of aromatic nitrogens is 1. The Hall–Kier alpha value is -2.41. The van der Waals surface area contributed by atoms with Gasteiger partial charge in [-0.25, -0.2) is 8.42 Å². The number of H-pyrrole nitrogens is 1. The van der Waals surface area contributed by atoms with Gasteiger partial charge in [0.15, 0.2) is 15.6 Å². The minimum Gasteiger partial charge on any atom is -0.354 e. The van der Waals surface area contributed by atoms with Crippen molar-refractivity contribution in [1.82, 2.24) is 10.3 Å². The van der Waals surface area contributed by atoms with Gasteiger partial charge in [-0.2, -0.15) is 0 Å². The van der Waals surface area contributed by atoms with Gasteiger partial charge in [0, 0.05) is 24.1 Å². The normalized spacial score (nSPS) is 11.4. The van der Waals surface area contributed by atoms with Crippen LogP contribution in [0.5, 0.6) is 0 Å². The lowest BCUT2D eigenvalue weighted by molar-refractivity contribution is 0.0945. The second kappa shape index (κ2) is 7.23. The highest BCUT2D eigenvalue weighted by Gasteiger charge is 2.21. The van der Waals surface area contributed by atoms with Crippen molar-refractivity contribution < 1.29 is 18.0 Å². The van der Waals surface area contributed by atoms with Gasteiger partial charge in [-0.3, -0.25) is 9.59 Å². The largest absolute Gasteiger partial charge is 0.354 e. The summed E-state index contributed by atoms with van der Waals surface area (Å²) in [5.74, 6) is -0.361. The maximum Gasteiger partial charge on any atom is 0.268 e. The number of aromatic amines is 1. The predicted molar refractivity (Wildman–Crippen MR) is 95.6 cm³/mol. The molecule has 0 radical (unpaired) electrons. The number of sulfone groups is 1. The zero-order valence-corrected chi connectivity index (χ0v) is 15.6. The van der Waals surface area contributed by atoms with E-state index in [0.29, 0.717) is 23.4 Å². The Morgan fingerprint density at radius 3 is 2.24 bits per heavy atom. The third-order valence-electron chi connectivity index (χ3n) is 4.03. The van der Waals surface area contributed by atoms with E-state index in [2.05, 4.69) is 10.3 Å². The van der Waals surface area contributed by atoms with Crippen molar-refractivity contribution in [3.05, 3.63) is 52.3 Å². The molecule has 1 aromatic heterocycles. The SMILES string of the molecule is CCc1c(C(=O)NCc2ccc(S(C)(=O)=O)cc2)[nH]c(C)c1C(C)=O. The summed E-state index contributed by atoms with van der Waals surface area (Å²) >= 11 is 0. The summed E-state index contributed by atoms with van der Waals surface area (Å²) in [4.78, 5) is 27.5. The molecule has 2 aromatic rings. The van der Waals surface area contributed by atoms with E-state index in [9.17, 15) is 18.0 Å². The van der Waals surface area contributed by atoms with Crippen molar-refractivity contribution in [2.24, 2.45) is 0 Å². The summed E-state index contributed by atoms with van der Waals surface area (Å²) < 4.78 is 22.9. The molecule has 7 heteroatoms. The molecule has 0 aliphatic heterocycles. The third-order valence-corrected chi connectivity index (χ3v) is 5.16. The maximum atomic E-state index is 12.5. The van der Waals surface area contributed by atoms with E-state index in [1.54, 1.807) is 19.1 Å². The zero-order valence-electron chi connectivity index (χ0n) is 14.8. The highest BCUT2D eigenvalue weighted by atomic mass is 32.2. The van der Waals surface area contributed by atoms with Crippen LogP contribution in [0.15, 0.2) is 29.2 Å². The monoisotopic (exact) mass is 362 g/mol. The molecule has 6 nitrogen and oxygen atoms in total. The van der Waals surface area contributed by atoms with Crippen molar-refractivity contribution in [2.75, 3.05) is 6.26 Å². The van der Waals surface area contributed by atoms with Gasteiger partial charge >= 0.3 is 0 Å². The standard InChI is InChI=1S/C18H22N2O4S/c1-5-15-16(12(3)21)11(2)20-17(15)18(22)19-10-13-6-8-14(9-7-13)25(4,23)24/h6-9,20H,5,10H2,1-4H3,(H,19,22). The Bertz CT molecular complexity index is 909. The molecule has 0 atom stereocenters. The molecule has 0 saturated heterocycles. The number of carbonyl (C=O) groups excluding carboxylic acids is 2. The fourth-order valence-corrected chi connectivity index (χ4v) is 3.46. The van der Waals surface area contributed by atoms with Crippen molar-refractivity contribution in [1.29, 1.82) is 0 Å². The average molecular weight is 362 g/mol. The van der Waals surface area contributed by atoms with Crippen LogP contribution in [0.2, 0.25) is 0 Å². The molecule has 0 aliphatic carbocycles. The number of benzene rings is 1. The fraction of sp³-hybridized carbons (Fsp3) is 0.333. The molecule has 0 aliphatic rings. The quantitative estimate of drug-likeness (QED) is 0.771. The van der Waals surface area contributed by atoms with Crippen LogP contribution in [0.4, 0.5) is 0 Å². The Kier molecular flexibility index (Phi) is 5.47. The Labute approximate surface area is 147 Å². The fourth-order valence-electron chi connectivity index (χ4n) is 2.83. The molecule has 1 aromatic carbocycles. The first-order valence-electron chi connectivity index (χ1n) is 7.94. The highest BCUT2D eigenvalue weighted by Crippen LogP contribution is 2.20. The minimum atomic E-state index is -3.24. The van der Waals surface area contributed by atoms with Crippen LogP contribution in [-0.4, -0.2) is 31.3 Å². The minimum absolute atomic E-state index is 0.0685. The first-order chi connectivity index (χ1) is 11.6. The zero-order chi connectivity index (χ0) is 18.8. The lowest BCUT2D eigenvalue weighted by Crippen LogP contribution is -2.24. The summed E-state index contributed by atoms with van der Waals surface area (Å²) in [6, 6.07) is 6.36. The molecule has 2 N–H and O–H groups in total. The molecule has 1 heterocycles. The number of hydrogen-bond donors (Lipinski definition) is 2. The molecular weight excluding hydrogens is 340 g/mol. The highest BCUT2D eigenvalue weighted by molar-refractivity contribution is 7.90. The first kappa shape index (κ1) is 18.9. The van der Waals surface area contributed by atoms with Gasteiger partial charge in [-0.05, 0) is 43.5 Å². The Morgan fingerprint density at radius 2 is 1.76 bits per heavy atom. The molecular formula is C18H22N2O4S. The average Bonchev–Trinajstić information content (AvgIpc) is 2.88. The van der Waals surface area contributed by atoms with Crippen molar-refractivity contribution >= 4 is 21.5 Å². The van der Waals surface area contributed by atoms with E-state index in [1.165, 1.54) is 19.1 Å². The Morgan fingerprint density at radius 1 is 1.16 bits per heavy atom. The predicted octanol–water partition coefficient (Wildman–Crippen LogP) is 2.42. The molecule has 134 valence electrons. The lowest BCUT2D eigenvalue weighted by atomic mass is 10.0. The van der Waals surface area contributed by atoms with Crippen LogP contribution in [0.3, 0.4) is 0 Å². The summed E-state index contributed by atoms with van der Waals surface area (Å²) in [6.45, 7) is 5.42. The van der Waals surface area contributed by atoms with Gasteiger partial charge in [0.1, 0.15) is 5.69 Å². The van der Waals surface area contributed by atoms with E-state index in [4.69, 9.17) is 0 Å². The second-order valence-electron chi connectivity index (χ2n) is 5.99. The van der Waals surface area contributed by atoms with Gasteiger partial charge < -0.3 is 10.3 Å². The maximum absolute atomic E-state index is 12.5. The number of Topliss-reactive ketones (excluding diaryl/α,β-unsaturated/α-hetero) is 1. The van der Waals surface area contributed by atoms with E-state index in [0.717, 1.165) is 17.4 Å². The van der Waals surface area contributed by atoms with Crippen LogP contribution in [0.1, 0.15) is 51.5 Å². The van der Waals surface area contributed by atoms with E-state index in [-0.39, 0.29) is 23.1 Å². The van der Waals surface area contributed by atoms with Gasteiger partial charge in [-0.15, -0.1) is 0 Å². The molecule has 0 fully saturated rings. The number of ketones is 1. The van der Waals surface area contributed by atoms with Gasteiger partial charge in [0.25, 0.3) is 5.91 Å². The number of amides is 1. The van der Waals surface area contributed by atoms with Crippen LogP contribution in [0, 0.1) is 6.92 Å². The number of hydrogen-bond acceptors (Lipinski definition) is 4. The number of rotatable bonds is 6. The molecule has 25 heavy (non-hydrogen) atoms. The topological polar surface area (TPSA) is 96.1 Å². The summed E-state index contributed by atoms with van der Waals surface area (Å²) in [5, 5.41) is 2.80. The van der Waals surface area contributed by atoms with Crippen molar-refractivity contribution in [3.8, 4) is 0 Å². The smallest absolute Gasteiger partial charge is 0.268 e. The van der Waals surface area contributed by atoms with E-state index in [1.807, 2.05) is 6.92 Å². The van der Waals surface area contributed by atoms with Crippen LogP contribution in [0.25, 0.3) is 0 Å². The van der Waals surface area contributed by atoms with Crippen molar-refractivity contribution in [2.45, 2.75) is 38.6 Å². The number of aryl methyl sites for hydroxylation is 1. The van der Waals surface area contributed by atoms with Gasteiger partial charge in [-0.1, -0.05) is 19.1 Å². The van der Waals surface area contributed by atoms with Crippen molar-refractivity contribution in [3.63, 3.8) is 0 Å². The molecule has 0 saturated carbocycles. The van der Waals surface area contributed by atoms with E-state index < -0.39 is 9.84 Å². The first-order valence-corrected chi connectivity index (χ1v) is 9.83. The molecule has 1 amide bonds. The summed E-state index contributed by atoms with van der Waals surface area (Å²) in [7, 11) is -3.24. The molecule has 0 bridgehead atoms. The lowest BCUT2D eigenvalue weighted by Gasteiger charge is -2.07. The number of nitrogens with one attached hydrogen (secondary N) is 2. The molecule has 0 spiro atoms. The molecule has 0 unspecified atom stereocenters. The summed E-state index contributed by atoms with van der Waals surface area (Å²) in [6.07, 6.45) is 1.72. The van der Waals surface area contributed by atoms with Crippen LogP contribution >= 0.6 is 0 Å². The van der Waals surface area contributed by atoms with Gasteiger partial charge in [0.05, 0.1) is 4.90 Å². The summed E-state index contributed by atoms with van der Waals surface area (Å²) in [5.41, 5.74) is 3.17. The van der Waals surface area contributed by atoms with Crippen LogP contribution in [-0.2, 0) is 22.8 Å². The third kappa shape index (κ3) is 4.17. The number of carbonyl (C=O) groups is 2. The van der Waals surface area contributed by atoms with Gasteiger partial charge in [0.2, 0.25) is 0 Å². The second-order valence-corrected chi connectivity index (χ2v) is 8.00. The molecule has 2 rings (SSSR count). The Balaban J connectivity index is 2.16.